The van der Waals surface area contributed by atoms with Crippen LogP contribution >= 0.6 is 0 Å². The van der Waals surface area contributed by atoms with E-state index in [4.69, 9.17) is 22.9 Å². The molecule has 0 heterocycles. The van der Waals surface area contributed by atoms with Crippen molar-refractivity contribution in [3.8, 4) is 0 Å². The van der Waals surface area contributed by atoms with Crippen LogP contribution < -0.4 is 5.73 Å². The molecular weight excluding hydrogens is 168 g/mol. The minimum absolute atomic E-state index is 0. The molecule has 66 valence electrons. The normalized spacial score (nSPS) is 7.00. The zero-order chi connectivity index (χ0) is 7.21. The SMILES string of the molecule is N=CN.O.O.O=S(=O)(O)O. The van der Waals surface area contributed by atoms with Gasteiger partial charge in [-0.2, -0.15) is 8.42 Å². The molecule has 0 saturated heterocycles. The second kappa shape index (κ2) is 11.1. The zero-order valence-electron chi connectivity index (χ0n) is 4.77. The molecule has 8 nitrogen and oxygen atoms in total. The molecule has 0 aromatic carbocycles. The number of hydrogen-bond acceptors (Lipinski definition) is 3. The van der Waals surface area contributed by atoms with Gasteiger partial charge in [-0.15, -0.1) is 0 Å². The van der Waals surface area contributed by atoms with Crippen molar-refractivity contribution >= 4 is 16.7 Å². The first-order valence-corrected chi connectivity index (χ1v) is 2.72. The molecule has 0 rings (SSSR count). The van der Waals surface area contributed by atoms with Crippen LogP contribution in [0.1, 0.15) is 0 Å². The zero-order valence-corrected chi connectivity index (χ0v) is 5.59. The van der Waals surface area contributed by atoms with Gasteiger partial charge in [0, 0.05) is 0 Å². The Morgan fingerprint density at radius 2 is 1.30 bits per heavy atom. The quantitative estimate of drug-likeness (QED) is 0.177. The summed E-state index contributed by atoms with van der Waals surface area (Å²) < 4.78 is 31.6. The average Bonchev–Trinajstić information content (AvgIpc) is 1.27. The van der Waals surface area contributed by atoms with Gasteiger partial charge in [0.2, 0.25) is 0 Å². The fraction of sp³-hybridized carbons (Fsp3) is 0. The van der Waals surface area contributed by atoms with Gasteiger partial charge in [-0.05, 0) is 0 Å². The Kier molecular flexibility index (Phi) is 25.4. The average molecular weight is 178 g/mol. The first kappa shape index (κ1) is 22.8. The minimum Gasteiger partial charge on any atom is -0.412 e. The van der Waals surface area contributed by atoms with E-state index in [0.717, 1.165) is 6.34 Å². The summed E-state index contributed by atoms with van der Waals surface area (Å²) in [7, 11) is -4.67. The van der Waals surface area contributed by atoms with Crippen molar-refractivity contribution in [2.45, 2.75) is 0 Å². The van der Waals surface area contributed by atoms with Gasteiger partial charge in [-0.1, -0.05) is 0 Å². The third kappa shape index (κ3) is 520. The number of hydrogen-bond donors (Lipinski definition) is 4. The summed E-state index contributed by atoms with van der Waals surface area (Å²) in [5.41, 5.74) is 4.39. The summed E-state index contributed by atoms with van der Waals surface area (Å²) in [6.45, 7) is 0. The lowest BCUT2D eigenvalue weighted by molar-refractivity contribution is 0.381. The smallest absolute Gasteiger partial charge is 0.394 e. The molecule has 0 unspecified atom stereocenters. The Labute approximate surface area is 57.4 Å². The summed E-state index contributed by atoms with van der Waals surface area (Å²) in [6, 6.07) is 0. The second-order valence-electron chi connectivity index (χ2n) is 0.615. The minimum atomic E-state index is -4.67. The molecule has 0 amide bonds. The van der Waals surface area contributed by atoms with E-state index >= 15 is 0 Å². The highest BCUT2D eigenvalue weighted by Crippen LogP contribution is 1.59. The lowest BCUT2D eigenvalue weighted by Gasteiger charge is -1.68. The molecule has 0 aliphatic carbocycles. The van der Waals surface area contributed by atoms with Gasteiger partial charge in [0.05, 0.1) is 6.34 Å². The van der Waals surface area contributed by atoms with Crippen molar-refractivity contribution in [3.63, 3.8) is 0 Å². The topological polar surface area (TPSA) is 187 Å². The van der Waals surface area contributed by atoms with E-state index in [1.165, 1.54) is 0 Å². The molecule has 0 bridgehead atoms. The van der Waals surface area contributed by atoms with Crippen molar-refractivity contribution in [2.24, 2.45) is 5.73 Å². The third-order valence-corrected chi connectivity index (χ3v) is 0. The molecule has 0 radical (unpaired) electrons. The molecule has 9 heteroatoms. The van der Waals surface area contributed by atoms with Crippen molar-refractivity contribution in [1.29, 1.82) is 5.41 Å². The van der Waals surface area contributed by atoms with Crippen LogP contribution in [0.2, 0.25) is 0 Å². The molecular formula is CH10N2O6S. The highest BCUT2D eigenvalue weighted by molar-refractivity contribution is 7.79. The first-order chi connectivity index (χ1) is 3.41. The van der Waals surface area contributed by atoms with E-state index in [9.17, 15) is 0 Å². The standard InChI is InChI=1S/CH4N2.H2O4S.2H2O/c2-1-3;1-5(2,3)4;;/h1H,(H3,2,3);(H2,1,2,3,4);2*1H2. The van der Waals surface area contributed by atoms with E-state index in [1.807, 2.05) is 0 Å². The molecule has 0 atom stereocenters. The lowest BCUT2D eigenvalue weighted by Crippen LogP contribution is -1.89. The predicted octanol–water partition coefficient (Wildman–Crippen LogP) is -2.75. The van der Waals surface area contributed by atoms with E-state index in [-0.39, 0.29) is 11.0 Å². The maximum atomic E-state index is 8.74. The summed E-state index contributed by atoms with van der Waals surface area (Å²) in [6.07, 6.45) is 0.750. The summed E-state index contributed by atoms with van der Waals surface area (Å²) in [5, 5.41) is 5.86. The Balaban J connectivity index is -0.0000000326. The van der Waals surface area contributed by atoms with Crippen LogP contribution in [0.5, 0.6) is 0 Å². The highest BCUT2D eigenvalue weighted by atomic mass is 32.3. The monoisotopic (exact) mass is 178 g/mol. The first-order valence-electron chi connectivity index (χ1n) is 1.32. The maximum Gasteiger partial charge on any atom is 0.394 e. The Morgan fingerprint density at radius 3 is 1.30 bits per heavy atom. The van der Waals surface area contributed by atoms with Crippen LogP contribution in [0.4, 0.5) is 0 Å². The molecule has 0 saturated carbocycles. The van der Waals surface area contributed by atoms with E-state index < -0.39 is 10.4 Å². The molecule has 10 heavy (non-hydrogen) atoms. The predicted molar refractivity (Wildman–Crippen MR) is 34.4 cm³/mol. The van der Waals surface area contributed by atoms with Gasteiger partial charge < -0.3 is 16.7 Å². The fourth-order valence-corrected chi connectivity index (χ4v) is 0. The Morgan fingerprint density at radius 1 is 1.30 bits per heavy atom. The highest BCUT2D eigenvalue weighted by Gasteiger charge is 1.84. The van der Waals surface area contributed by atoms with Gasteiger partial charge in [-0.3, -0.25) is 14.5 Å². The van der Waals surface area contributed by atoms with Crippen LogP contribution in [0.3, 0.4) is 0 Å². The third-order valence-electron chi connectivity index (χ3n) is 0. The molecule has 0 aromatic heterocycles. The van der Waals surface area contributed by atoms with Crippen LogP contribution in [0.25, 0.3) is 0 Å². The Bertz CT molecular complexity index is 130. The Hall–Kier alpha value is -0.740. The molecule has 0 aliphatic rings. The lowest BCUT2D eigenvalue weighted by atomic mass is 11.4. The van der Waals surface area contributed by atoms with Crippen LogP contribution in [0.15, 0.2) is 0 Å². The molecule has 0 aliphatic heterocycles. The van der Waals surface area contributed by atoms with E-state index in [0.29, 0.717) is 0 Å². The van der Waals surface area contributed by atoms with Gasteiger partial charge in [0.15, 0.2) is 0 Å². The van der Waals surface area contributed by atoms with Crippen molar-refractivity contribution in [1.82, 2.24) is 0 Å². The summed E-state index contributed by atoms with van der Waals surface area (Å²) in [5.74, 6) is 0. The van der Waals surface area contributed by atoms with E-state index in [1.54, 1.807) is 0 Å². The van der Waals surface area contributed by atoms with Gasteiger partial charge in [0.1, 0.15) is 0 Å². The maximum absolute atomic E-state index is 8.74. The van der Waals surface area contributed by atoms with Gasteiger partial charge in [0.25, 0.3) is 0 Å². The number of nitrogens with two attached hydrogens (primary N) is 1. The van der Waals surface area contributed by atoms with Crippen molar-refractivity contribution in [3.05, 3.63) is 0 Å². The van der Waals surface area contributed by atoms with E-state index in [2.05, 4.69) is 5.73 Å². The second-order valence-corrected chi connectivity index (χ2v) is 1.51. The fourth-order valence-electron chi connectivity index (χ4n) is 0. The molecule has 0 fully saturated rings. The largest absolute Gasteiger partial charge is 0.412 e. The summed E-state index contributed by atoms with van der Waals surface area (Å²) in [4.78, 5) is 0. The molecule has 9 N–H and O–H groups in total. The van der Waals surface area contributed by atoms with Crippen molar-refractivity contribution < 1.29 is 28.5 Å². The van der Waals surface area contributed by atoms with Gasteiger partial charge in [-0.25, -0.2) is 0 Å². The van der Waals surface area contributed by atoms with Crippen molar-refractivity contribution in [2.75, 3.05) is 0 Å². The van der Waals surface area contributed by atoms with Crippen LogP contribution in [0, 0.1) is 5.41 Å². The molecule has 0 spiro atoms. The van der Waals surface area contributed by atoms with Gasteiger partial charge >= 0.3 is 10.4 Å². The summed E-state index contributed by atoms with van der Waals surface area (Å²) >= 11 is 0. The number of nitrogens with one attached hydrogen (secondary N) is 1. The van der Waals surface area contributed by atoms with Crippen LogP contribution in [-0.4, -0.2) is 34.8 Å². The number of rotatable bonds is 0. The molecule has 0 aromatic rings. The van der Waals surface area contributed by atoms with Crippen LogP contribution in [-0.2, 0) is 10.4 Å².